The molecule has 9 nitrogen and oxygen atoms in total. The summed E-state index contributed by atoms with van der Waals surface area (Å²) in [7, 11) is 1.36. The van der Waals surface area contributed by atoms with Crippen LogP contribution in [-0.2, 0) is 20.9 Å². The van der Waals surface area contributed by atoms with Gasteiger partial charge in [0.1, 0.15) is 5.69 Å². The molecule has 4 rings (SSSR count). The zero-order valence-electron chi connectivity index (χ0n) is 15.9. The van der Waals surface area contributed by atoms with Gasteiger partial charge in [-0.15, -0.1) is 0 Å². The number of esters is 1. The van der Waals surface area contributed by atoms with Gasteiger partial charge in [0.05, 0.1) is 31.8 Å². The molecule has 3 heterocycles. The van der Waals surface area contributed by atoms with E-state index in [9.17, 15) is 19.5 Å². The molecule has 0 unspecified atom stereocenters. The van der Waals surface area contributed by atoms with Crippen molar-refractivity contribution in [2.45, 2.75) is 25.0 Å². The minimum atomic E-state index is -1.08. The summed E-state index contributed by atoms with van der Waals surface area (Å²) in [6.07, 6.45) is 1.98. The van der Waals surface area contributed by atoms with Gasteiger partial charge in [-0.2, -0.15) is 5.10 Å². The number of nitrogens with one attached hydrogen (secondary N) is 1. The Labute approximate surface area is 167 Å². The fourth-order valence-corrected chi connectivity index (χ4v) is 4.51. The van der Waals surface area contributed by atoms with Crippen molar-refractivity contribution in [1.82, 2.24) is 20.0 Å². The Morgan fingerprint density at radius 1 is 1.31 bits per heavy atom. The standard InChI is InChI=1S/C20H22N4O5/c1-29-20(28)15-7-14-10-23(9-13-8-21-22-17(13)19(26)27)11-16(25)24(14)18(15)12-5-3-2-4-6-12/h2-6,8,14-15,18H,7,9-11H2,1H3,(H,21,22)(H,26,27)/t14-,15-,18-/m0/s1. The third-order valence-electron chi connectivity index (χ3n) is 5.69. The number of hydrogen-bond acceptors (Lipinski definition) is 6. The summed E-state index contributed by atoms with van der Waals surface area (Å²) in [6.45, 7) is 0.998. The van der Waals surface area contributed by atoms with Crippen LogP contribution in [0.4, 0.5) is 0 Å². The maximum Gasteiger partial charge on any atom is 0.354 e. The molecule has 0 aliphatic carbocycles. The Morgan fingerprint density at radius 3 is 2.76 bits per heavy atom. The van der Waals surface area contributed by atoms with Crippen molar-refractivity contribution < 1.29 is 24.2 Å². The molecule has 1 aromatic carbocycles. The highest BCUT2D eigenvalue weighted by Gasteiger charge is 2.50. The molecule has 2 aliphatic rings. The van der Waals surface area contributed by atoms with E-state index in [1.807, 2.05) is 35.2 Å². The first kappa shape index (κ1) is 19.1. The summed E-state index contributed by atoms with van der Waals surface area (Å²) in [4.78, 5) is 40.5. The minimum Gasteiger partial charge on any atom is -0.477 e. The highest BCUT2D eigenvalue weighted by Crippen LogP contribution is 2.43. The Kier molecular flexibility index (Phi) is 5.06. The molecule has 2 saturated heterocycles. The summed E-state index contributed by atoms with van der Waals surface area (Å²) >= 11 is 0. The van der Waals surface area contributed by atoms with E-state index in [1.165, 1.54) is 13.3 Å². The first-order valence-corrected chi connectivity index (χ1v) is 9.41. The second-order valence-corrected chi connectivity index (χ2v) is 7.42. The second-order valence-electron chi connectivity index (χ2n) is 7.42. The molecule has 2 fully saturated rings. The van der Waals surface area contributed by atoms with E-state index < -0.39 is 11.9 Å². The van der Waals surface area contributed by atoms with E-state index in [1.54, 1.807) is 4.90 Å². The van der Waals surface area contributed by atoms with Crippen molar-refractivity contribution in [3.63, 3.8) is 0 Å². The van der Waals surface area contributed by atoms with Crippen LogP contribution in [0, 0.1) is 5.92 Å². The number of nitrogens with zero attached hydrogens (tertiary/aromatic N) is 3. The number of piperazine rings is 1. The predicted octanol–water partition coefficient (Wildman–Crippen LogP) is 1.05. The number of aromatic nitrogens is 2. The number of amides is 1. The van der Waals surface area contributed by atoms with Gasteiger partial charge in [-0.25, -0.2) is 4.79 Å². The van der Waals surface area contributed by atoms with Gasteiger partial charge in [0, 0.05) is 24.7 Å². The molecular formula is C20H22N4O5. The molecule has 1 aromatic heterocycles. The number of carboxylic acid groups (broad SMARTS) is 1. The number of aromatic amines is 1. The number of methoxy groups -OCH3 is 1. The van der Waals surface area contributed by atoms with Crippen LogP contribution < -0.4 is 0 Å². The van der Waals surface area contributed by atoms with E-state index in [0.717, 1.165) is 5.56 Å². The lowest BCUT2D eigenvalue weighted by molar-refractivity contribution is -0.147. The maximum absolute atomic E-state index is 13.1. The van der Waals surface area contributed by atoms with Crippen molar-refractivity contribution in [1.29, 1.82) is 0 Å². The molecule has 9 heteroatoms. The Bertz CT molecular complexity index is 928. The lowest BCUT2D eigenvalue weighted by Gasteiger charge is -2.40. The number of ether oxygens (including phenoxy) is 1. The van der Waals surface area contributed by atoms with Gasteiger partial charge in [0.25, 0.3) is 0 Å². The third kappa shape index (κ3) is 3.49. The van der Waals surface area contributed by atoms with Crippen LogP contribution in [0.15, 0.2) is 36.5 Å². The molecule has 2 N–H and O–H groups in total. The zero-order chi connectivity index (χ0) is 20.5. The van der Waals surface area contributed by atoms with Gasteiger partial charge in [-0.05, 0) is 12.0 Å². The maximum atomic E-state index is 13.1. The van der Waals surface area contributed by atoms with Gasteiger partial charge < -0.3 is 14.7 Å². The lowest BCUT2D eigenvalue weighted by Crippen LogP contribution is -2.54. The molecular weight excluding hydrogens is 376 g/mol. The summed E-state index contributed by atoms with van der Waals surface area (Å²) < 4.78 is 5.01. The van der Waals surface area contributed by atoms with Gasteiger partial charge in [0.2, 0.25) is 5.91 Å². The Morgan fingerprint density at radius 2 is 2.07 bits per heavy atom. The number of aromatic carboxylic acids is 1. The molecule has 0 saturated carbocycles. The number of rotatable bonds is 5. The minimum absolute atomic E-state index is 0.0286. The van der Waals surface area contributed by atoms with Crippen LogP contribution in [-0.4, -0.2) is 69.2 Å². The van der Waals surface area contributed by atoms with E-state index in [-0.39, 0.29) is 36.2 Å². The highest BCUT2D eigenvalue weighted by atomic mass is 16.5. The van der Waals surface area contributed by atoms with Gasteiger partial charge in [-0.1, -0.05) is 30.3 Å². The van der Waals surface area contributed by atoms with E-state index >= 15 is 0 Å². The van der Waals surface area contributed by atoms with Crippen LogP contribution in [0.5, 0.6) is 0 Å². The summed E-state index contributed by atoms with van der Waals surface area (Å²) in [5.74, 6) is -1.92. The van der Waals surface area contributed by atoms with Crippen LogP contribution in [0.2, 0.25) is 0 Å². The normalized spacial score (nSPS) is 24.4. The monoisotopic (exact) mass is 398 g/mol. The van der Waals surface area contributed by atoms with Gasteiger partial charge >= 0.3 is 11.9 Å². The average Bonchev–Trinajstić information content (AvgIpc) is 3.33. The molecule has 152 valence electrons. The predicted molar refractivity (Wildman–Crippen MR) is 101 cm³/mol. The first-order chi connectivity index (χ1) is 14.0. The SMILES string of the molecule is COC(=O)[C@H]1C[C@H]2CN(Cc3cn[nH]c3C(=O)O)CC(=O)N2[C@H]1c1ccccc1. The highest BCUT2D eigenvalue weighted by molar-refractivity contribution is 5.87. The van der Waals surface area contributed by atoms with Gasteiger partial charge in [0.15, 0.2) is 0 Å². The number of benzene rings is 1. The van der Waals surface area contributed by atoms with Crippen LogP contribution in [0.3, 0.4) is 0 Å². The van der Waals surface area contributed by atoms with Crippen LogP contribution in [0.25, 0.3) is 0 Å². The Balaban J connectivity index is 1.58. The van der Waals surface area contributed by atoms with Crippen molar-refractivity contribution in [3.8, 4) is 0 Å². The van der Waals surface area contributed by atoms with Gasteiger partial charge in [-0.3, -0.25) is 19.6 Å². The third-order valence-corrected chi connectivity index (χ3v) is 5.69. The fourth-order valence-electron chi connectivity index (χ4n) is 4.51. The lowest BCUT2D eigenvalue weighted by atomic mass is 9.93. The molecule has 0 spiro atoms. The van der Waals surface area contributed by atoms with Crippen LogP contribution in [0.1, 0.15) is 34.1 Å². The summed E-state index contributed by atoms with van der Waals surface area (Å²) in [5, 5.41) is 15.5. The number of H-pyrrole nitrogens is 1. The zero-order valence-corrected chi connectivity index (χ0v) is 15.9. The number of fused-ring (bicyclic) bond motifs is 1. The molecule has 1 amide bonds. The second kappa shape index (κ2) is 7.67. The Hall–Kier alpha value is -3.20. The van der Waals surface area contributed by atoms with E-state index in [0.29, 0.717) is 25.1 Å². The van der Waals surface area contributed by atoms with Crippen molar-refractivity contribution in [2.24, 2.45) is 5.92 Å². The number of carbonyl (C=O) groups excluding carboxylic acids is 2. The summed E-state index contributed by atoms with van der Waals surface area (Å²) in [5.41, 5.74) is 1.47. The van der Waals surface area contributed by atoms with Crippen molar-refractivity contribution in [2.75, 3.05) is 20.2 Å². The van der Waals surface area contributed by atoms with Crippen molar-refractivity contribution in [3.05, 3.63) is 53.3 Å². The largest absolute Gasteiger partial charge is 0.477 e. The molecule has 2 aromatic rings. The molecule has 0 bridgehead atoms. The van der Waals surface area contributed by atoms with Crippen molar-refractivity contribution >= 4 is 17.8 Å². The van der Waals surface area contributed by atoms with E-state index in [2.05, 4.69) is 10.2 Å². The number of carbonyl (C=O) groups is 3. The number of carboxylic acids is 1. The van der Waals surface area contributed by atoms with E-state index in [4.69, 9.17) is 4.74 Å². The quantitative estimate of drug-likeness (QED) is 0.724. The topological polar surface area (TPSA) is 116 Å². The van der Waals surface area contributed by atoms with Crippen LogP contribution >= 0.6 is 0 Å². The number of hydrogen-bond donors (Lipinski definition) is 2. The molecule has 0 radical (unpaired) electrons. The smallest absolute Gasteiger partial charge is 0.354 e. The fraction of sp³-hybridized carbons (Fsp3) is 0.400. The average molecular weight is 398 g/mol. The molecule has 29 heavy (non-hydrogen) atoms. The summed E-state index contributed by atoms with van der Waals surface area (Å²) in [6, 6.07) is 9.03. The molecule has 3 atom stereocenters. The first-order valence-electron chi connectivity index (χ1n) is 9.41. The molecule has 2 aliphatic heterocycles.